The fourth-order valence-electron chi connectivity index (χ4n) is 1.81. The van der Waals surface area contributed by atoms with Crippen molar-refractivity contribution >= 4 is 0 Å². The van der Waals surface area contributed by atoms with E-state index in [1.165, 1.54) is 5.56 Å². The average molecular weight is 249 g/mol. The van der Waals surface area contributed by atoms with Crippen molar-refractivity contribution in [3.8, 4) is 5.75 Å². The Morgan fingerprint density at radius 2 is 1.83 bits per heavy atom. The van der Waals surface area contributed by atoms with Crippen LogP contribution in [0.2, 0.25) is 0 Å². The summed E-state index contributed by atoms with van der Waals surface area (Å²) >= 11 is 0. The van der Waals surface area contributed by atoms with Crippen LogP contribution in [-0.2, 0) is 0 Å². The van der Waals surface area contributed by atoms with Crippen LogP contribution in [0.4, 0.5) is 0 Å². The van der Waals surface area contributed by atoms with Crippen molar-refractivity contribution in [1.29, 1.82) is 0 Å². The Kier molecular flexibility index (Phi) is 6.20. The van der Waals surface area contributed by atoms with Crippen LogP contribution in [0.1, 0.15) is 59.1 Å². The zero-order valence-corrected chi connectivity index (χ0v) is 12.4. The molecule has 0 radical (unpaired) electrons. The van der Waals surface area contributed by atoms with Gasteiger partial charge in [0.15, 0.2) is 0 Å². The lowest BCUT2D eigenvalue weighted by Crippen LogP contribution is -2.28. The van der Waals surface area contributed by atoms with Gasteiger partial charge in [-0.3, -0.25) is 0 Å². The predicted molar refractivity (Wildman–Crippen MR) is 78.1 cm³/mol. The number of ether oxygens (including phenoxy) is 1. The van der Waals surface area contributed by atoms with Gasteiger partial charge in [0.2, 0.25) is 0 Å². The molecule has 0 amide bonds. The summed E-state index contributed by atoms with van der Waals surface area (Å²) in [5, 5.41) is 3.58. The molecule has 1 rings (SSSR count). The molecule has 0 unspecified atom stereocenters. The van der Waals surface area contributed by atoms with E-state index in [4.69, 9.17) is 4.74 Å². The molecule has 1 N–H and O–H groups in total. The summed E-state index contributed by atoms with van der Waals surface area (Å²) in [6.45, 7) is 10.9. The standard InChI is InChI=1S/C16H27NO/c1-6-12(3)17-14(5)15-9-8-10-16(11-15)18-13(4)7-2/h8-14,17H,6-7H2,1-5H3/t12-,13+,14+/m0/s1. The Morgan fingerprint density at radius 1 is 1.11 bits per heavy atom. The number of hydrogen-bond acceptors (Lipinski definition) is 2. The molecular formula is C16H27NO. The van der Waals surface area contributed by atoms with Crippen LogP contribution >= 0.6 is 0 Å². The normalized spacial score (nSPS) is 16.1. The maximum Gasteiger partial charge on any atom is 0.120 e. The molecule has 0 aliphatic heterocycles. The van der Waals surface area contributed by atoms with E-state index in [1.54, 1.807) is 0 Å². The molecule has 0 fully saturated rings. The van der Waals surface area contributed by atoms with Crippen LogP contribution < -0.4 is 10.1 Å². The van der Waals surface area contributed by atoms with Crippen molar-refractivity contribution in [2.75, 3.05) is 0 Å². The minimum absolute atomic E-state index is 0.276. The van der Waals surface area contributed by atoms with Gasteiger partial charge in [-0.2, -0.15) is 0 Å². The van der Waals surface area contributed by atoms with E-state index in [9.17, 15) is 0 Å². The summed E-state index contributed by atoms with van der Waals surface area (Å²) in [5.41, 5.74) is 1.29. The highest BCUT2D eigenvalue weighted by Gasteiger charge is 2.09. The molecule has 102 valence electrons. The van der Waals surface area contributed by atoms with E-state index >= 15 is 0 Å². The molecule has 0 bridgehead atoms. The number of rotatable bonds is 7. The minimum atomic E-state index is 0.276. The van der Waals surface area contributed by atoms with Crippen molar-refractivity contribution < 1.29 is 4.74 Å². The lowest BCUT2D eigenvalue weighted by Gasteiger charge is -2.20. The molecule has 1 aromatic carbocycles. The maximum absolute atomic E-state index is 5.86. The quantitative estimate of drug-likeness (QED) is 0.777. The van der Waals surface area contributed by atoms with Crippen LogP contribution in [0.15, 0.2) is 24.3 Å². The zero-order valence-electron chi connectivity index (χ0n) is 12.4. The SMILES string of the molecule is CC[C@@H](C)Oc1cccc([C@@H](C)N[C@@H](C)CC)c1. The monoisotopic (exact) mass is 249 g/mol. The molecule has 0 spiro atoms. The fourth-order valence-corrected chi connectivity index (χ4v) is 1.81. The molecule has 0 aliphatic rings. The smallest absolute Gasteiger partial charge is 0.120 e. The van der Waals surface area contributed by atoms with Crippen molar-refractivity contribution in [3.63, 3.8) is 0 Å². The van der Waals surface area contributed by atoms with Gasteiger partial charge < -0.3 is 10.1 Å². The number of benzene rings is 1. The van der Waals surface area contributed by atoms with E-state index in [0.717, 1.165) is 18.6 Å². The van der Waals surface area contributed by atoms with E-state index in [0.29, 0.717) is 12.1 Å². The predicted octanol–water partition coefficient (Wildman–Crippen LogP) is 4.31. The summed E-state index contributed by atoms with van der Waals surface area (Å²) in [5.74, 6) is 0.972. The van der Waals surface area contributed by atoms with Gasteiger partial charge in [-0.15, -0.1) is 0 Å². The van der Waals surface area contributed by atoms with E-state index < -0.39 is 0 Å². The van der Waals surface area contributed by atoms with Crippen molar-refractivity contribution in [2.24, 2.45) is 0 Å². The molecule has 3 atom stereocenters. The molecule has 0 saturated heterocycles. The molecule has 0 aromatic heterocycles. The molecule has 2 nitrogen and oxygen atoms in total. The summed E-state index contributed by atoms with van der Waals surface area (Å²) in [6, 6.07) is 9.31. The Hall–Kier alpha value is -1.02. The van der Waals surface area contributed by atoms with Gasteiger partial charge in [0.25, 0.3) is 0 Å². The van der Waals surface area contributed by atoms with Gasteiger partial charge >= 0.3 is 0 Å². The van der Waals surface area contributed by atoms with Crippen LogP contribution in [0, 0.1) is 0 Å². The average Bonchev–Trinajstić information content (AvgIpc) is 2.38. The number of hydrogen-bond donors (Lipinski definition) is 1. The summed E-state index contributed by atoms with van der Waals surface area (Å²) < 4.78 is 5.86. The highest BCUT2D eigenvalue weighted by molar-refractivity contribution is 5.30. The van der Waals surface area contributed by atoms with Crippen LogP contribution in [-0.4, -0.2) is 12.1 Å². The first-order chi connectivity index (χ1) is 8.56. The van der Waals surface area contributed by atoms with Crippen molar-refractivity contribution in [3.05, 3.63) is 29.8 Å². The Morgan fingerprint density at radius 3 is 2.44 bits per heavy atom. The molecule has 0 aliphatic carbocycles. The third kappa shape index (κ3) is 4.69. The van der Waals surface area contributed by atoms with E-state index in [-0.39, 0.29) is 6.10 Å². The van der Waals surface area contributed by atoms with Crippen LogP contribution in [0.25, 0.3) is 0 Å². The molecule has 2 heteroatoms. The maximum atomic E-state index is 5.86. The second-order valence-corrected chi connectivity index (χ2v) is 5.11. The third-order valence-corrected chi connectivity index (χ3v) is 3.42. The Balaban J connectivity index is 2.68. The largest absolute Gasteiger partial charge is 0.491 e. The first kappa shape index (κ1) is 15.0. The first-order valence-corrected chi connectivity index (χ1v) is 7.09. The van der Waals surface area contributed by atoms with Crippen LogP contribution in [0.3, 0.4) is 0 Å². The molecule has 1 aromatic rings. The summed E-state index contributed by atoms with van der Waals surface area (Å²) in [4.78, 5) is 0. The molecule has 0 saturated carbocycles. The molecule has 0 heterocycles. The summed E-state index contributed by atoms with van der Waals surface area (Å²) in [6.07, 6.45) is 2.45. The van der Waals surface area contributed by atoms with Gasteiger partial charge in [-0.1, -0.05) is 26.0 Å². The lowest BCUT2D eigenvalue weighted by molar-refractivity contribution is 0.217. The van der Waals surface area contributed by atoms with Crippen molar-refractivity contribution in [1.82, 2.24) is 5.32 Å². The molecular weight excluding hydrogens is 222 g/mol. The summed E-state index contributed by atoms with van der Waals surface area (Å²) in [7, 11) is 0. The topological polar surface area (TPSA) is 21.3 Å². The second kappa shape index (κ2) is 7.42. The van der Waals surface area contributed by atoms with E-state index in [1.807, 2.05) is 6.07 Å². The van der Waals surface area contributed by atoms with Gasteiger partial charge in [-0.05, 0) is 51.3 Å². The first-order valence-electron chi connectivity index (χ1n) is 7.09. The van der Waals surface area contributed by atoms with E-state index in [2.05, 4.69) is 58.1 Å². The Labute approximate surface area is 112 Å². The lowest BCUT2D eigenvalue weighted by atomic mass is 10.1. The molecule has 18 heavy (non-hydrogen) atoms. The highest BCUT2D eigenvalue weighted by Crippen LogP contribution is 2.21. The zero-order chi connectivity index (χ0) is 13.5. The second-order valence-electron chi connectivity index (χ2n) is 5.11. The fraction of sp³-hybridized carbons (Fsp3) is 0.625. The van der Waals surface area contributed by atoms with Gasteiger partial charge in [0.05, 0.1) is 6.10 Å². The third-order valence-electron chi connectivity index (χ3n) is 3.42. The van der Waals surface area contributed by atoms with Gasteiger partial charge in [-0.25, -0.2) is 0 Å². The van der Waals surface area contributed by atoms with Gasteiger partial charge in [0, 0.05) is 12.1 Å². The minimum Gasteiger partial charge on any atom is -0.491 e. The van der Waals surface area contributed by atoms with Crippen LogP contribution in [0.5, 0.6) is 5.75 Å². The van der Waals surface area contributed by atoms with Gasteiger partial charge in [0.1, 0.15) is 5.75 Å². The number of nitrogens with one attached hydrogen (secondary N) is 1. The van der Waals surface area contributed by atoms with Crippen molar-refractivity contribution in [2.45, 2.75) is 65.6 Å². The highest BCUT2D eigenvalue weighted by atomic mass is 16.5. The Bertz CT molecular complexity index is 351.